The second-order valence-corrected chi connectivity index (χ2v) is 9.15. The summed E-state index contributed by atoms with van der Waals surface area (Å²) < 4.78 is 2.15. The van der Waals surface area contributed by atoms with Crippen LogP contribution in [0.2, 0.25) is 0 Å². The van der Waals surface area contributed by atoms with Gasteiger partial charge in [-0.1, -0.05) is 48.0 Å². The number of nitriles is 2. The van der Waals surface area contributed by atoms with E-state index in [4.69, 9.17) is 5.26 Å². The monoisotopic (exact) mass is 475 g/mol. The summed E-state index contributed by atoms with van der Waals surface area (Å²) in [6.07, 6.45) is 2.98. The molecule has 174 valence electrons. The molecule has 0 amide bonds. The van der Waals surface area contributed by atoms with Crippen molar-refractivity contribution in [1.82, 2.24) is 14.5 Å². The fraction of sp³-hybridized carbons (Fsp3) is 0.0625. The first-order chi connectivity index (χ1) is 18.1. The molecule has 0 radical (unpaired) electrons. The second-order valence-electron chi connectivity index (χ2n) is 9.15. The highest BCUT2D eigenvalue weighted by Crippen LogP contribution is 2.37. The maximum Gasteiger partial charge on any atom is 0.159 e. The summed E-state index contributed by atoms with van der Waals surface area (Å²) in [5, 5.41) is 21.4. The lowest BCUT2D eigenvalue weighted by atomic mass is 9.97. The summed E-state index contributed by atoms with van der Waals surface area (Å²) in [5.41, 5.74) is 9.39. The smallest absolute Gasteiger partial charge is 0.159 e. The van der Waals surface area contributed by atoms with Crippen molar-refractivity contribution in [3.8, 4) is 40.3 Å². The number of para-hydroxylation sites is 1. The number of aryl methyl sites for hydroxylation is 2. The predicted molar refractivity (Wildman–Crippen MR) is 146 cm³/mol. The molecule has 0 aliphatic heterocycles. The van der Waals surface area contributed by atoms with Gasteiger partial charge in [-0.3, -0.25) is 0 Å². The maximum absolute atomic E-state index is 10.1. The third-order valence-electron chi connectivity index (χ3n) is 6.76. The van der Waals surface area contributed by atoms with Crippen LogP contribution in [0.15, 0.2) is 91.3 Å². The minimum Gasteiger partial charge on any atom is -0.308 e. The number of fused-ring (bicyclic) bond motifs is 3. The molecular formula is C32H21N5. The van der Waals surface area contributed by atoms with Crippen LogP contribution in [0.1, 0.15) is 22.3 Å². The first-order valence-electron chi connectivity index (χ1n) is 12.0. The van der Waals surface area contributed by atoms with Crippen molar-refractivity contribution in [1.29, 1.82) is 10.5 Å². The van der Waals surface area contributed by atoms with Crippen LogP contribution in [0, 0.1) is 36.5 Å². The zero-order valence-corrected chi connectivity index (χ0v) is 20.4. The fourth-order valence-electron chi connectivity index (χ4n) is 5.03. The molecule has 4 aromatic carbocycles. The van der Waals surface area contributed by atoms with Crippen LogP contribution >= 0.6 is 0 Å². The Morgan fingerprint density at radius 3 is 2.22 bits per heavy atom. The molecule has 5 heteroatoms. The lowest BCUT2D eigenvalue weighted by Gasteiger charge is -2.12. The lowest BCUT2D eigenvalue weighted by Crippen LogP contribution is -1.99. The van der Waals surface area contributed by atoms with Gasteiger partial charge in [0, 0.05) is 28.7 Å². The van der Waals surface area contributed by atoms with Gasteiger partial charge in [0.15, 0.2) is 5.82 Å². The molecule has 0 unspecified atom stereocenters. The molecule has 0 saturated heterocycles. The topological polar surface area (TPSA) is 78.3 Å². The van der Waals surface area contributed by atoms with Crippen LogP contribution in [0.25, 0.3) is 50.0 Å². The summed E-state index contributed by atoms with van der Waals surface area (Å²) in [4.78, 5) is 8.58. The molecule has 0 aliphatic carbocycles. The first kappa shape index (κ1) is 22.2. The Kier molecular flexibility index (Phi) is 5.26. The van der Waals surface area contributed by atoms with Crippen molar-refractivity contribution in [2.24, 2.45) is 0 Å². The molecule has 0 fully saturated rings. The zero-order chi connectivity index (χ0) is 25.5. The van der Waals surface area contributed by atoms with Gasteiger partial charge < -0.3 is 4.57 Å². The van der Waals surface area contributed by atoms with Gasteiger partial charge in [0.1, 0.15) is 12.1 Å². The lowest BCUT2D eigenvalue weighted by molar-refractivity contribution is 1.14. The van der Waals surface area contributed by atoms with Gasteiger partial charge in [0.05, 0.1) is 27.8 Å². The van der Waals surface area contributed by atoms with Crippen molar-refractivity contribution >= 4 is 21.8 Å². The van der Waals surface area contributed by atoms with Crippen LogP contribution in [0.5, 0.6) is 0 Å². The molecular weight excluding hydrogens is 454 g/mol. The number of aromatic nitrogens is 3. The average molecular weight is 476 g/mol. The third-order valence-corrected chi connectivity index (χ3v) is 6.76. The van der Waals surface area contributed by atoms with E-state index in [1.165, 1.54) is 34.6 Å². The highest BCUT2D eigenvalue weighted by Gasteiger charge is 2.17. The Morgan fingerprint density at radius 1 is 0.703 bits per heavy atom. The molecule has 5 nitrogen and oxygen atoms in total. The van der Waals surface area contributed by atoms with E-state index in [1.807, 2.05) is 30.3 Å². The van der Waals surface area contributed by atoms with E-state index >= 15 is 0 Å². The molecule has 6 rings (SSSR count). The van der Waals surface area contributed by atoms with E-state index in [0.29, 0.717) is 17.0 Å². The maximum atomic E-state index is 10.1. The van der Waals surface area contributed by atoms with E-state index in [2.05, 4.69) is 83.0 Å². The average Bonchev–Trinajstić information content (AvgIpc) is 3.26. The molecule has 2 aromatic heterocycles. The zero-order valence-electron chi connectivity index (χ0n) is 20.4. The molecule has 6 aromatic rings. The van der Waals surface area contributed by atoms with Crippen molar-refractivity contribution in [2.45, 2.75) is 13.8 Å². The molecule has 2 heterocycles. The van der Waals surface area contributed by atoms with E-state index in [0.717, 1.165) is 33.1 Å². The van der Waals surface area contributed by atoms with Crippen molar-refractivity contribution in [3.05, 3.63) is 114 Å². The standard InChI is InChI=1S/C32H21N5/c1-20-7-10-26(21(2)13-20)23-8-12-31-28(15-23)27-5-3-4-6-30(27)37(31)29-11-9-24(14-25(29)17-34)32-35-18-22(16-33)19-36-32/h3-15,18-19H,1-2H3. The van der Waals surface area contributed by atoms with Gasteiger partial charge in [0.2, 0.25) is 0 Å². The summed E-state index contributed by atoms with van der Waals surface area (Å²) in [6, 6.07) is 31.4. The van der Waals surface area contributed by atoms with Gasteiger partial charge in [-0.2, -0.15) is 10.5 Å². The normalized spacial score (nSPS) is 10.9. The molecule has 37 heavy (non-hydrogen) atoms. The summed E-state index contributed by atoms with van der Waals surface area (Å²) in [7, 11) is 0. The van der Waals surface area contributed by atoms with E-state index in [1.54, 1.807) is 6.07 Å². The minimum absolute atomic E-state index is 0.395. The van der Waals surface area contributed by atoms with Crippen LogP contribution < -0.4 is 0 Å². The van der Waals surface area contributed by atoms with Crippen LogP contribution in [-0.4, -0.2) is 14.5 Å². The molecule has 0 saturated carbocycles. The largest absolute Gasteiger partial charge is 0.308 e. The van der Waals surface area contributed by atoms with Gasteiger partial charge in [-0.25, -0.2) is 9.97 Å². The summed E-state index contributed by atoms with van der Waals surface area (Å²) in [5.74, 6) is 0.474. The first-order valence-corrected chi connectivity index (χ1v) is 12.0. The number of rotatable bonds is 3. The third kappa shape index (κ3) is 3.71. The number of hydrogen-bond donors (Lipinski definition) is 0. The molecule has 0 spiro atoms. The predicted octanol–water partition coefficient (Wildman–Crippen LogP) is 7.27. The number of benzene rings is 4. The van der Waals surface area contributed by atoms with Crippen molar-refractivity contribution in [2.75, 3.05) is 0 Å². The van der Waals surface area contributed by atoms with Gasteiger partial charge in [0.25, 0.3) is 0 Å². The Hall–Kier alpha value is -5.26. The highest BCUT2D eigenvalue weighted by molar-refractivity contribution is 6.10. The minimum atomic E-state index is 0.395. The van der Waals surface area contributed by atoms with E-state index in [-0.39, 0.29) is 0 Å². The Morgan fingerprint density at radius 2 is 1.46 bits per heavy atom. The van der Waals surface area contributed by atoms with Crippen LogP contribution in [0.3, 0.4) is 0 Å². The van der Waals surface area contributed by atoms with Crippen molar-refractivity contribution in [3.63, 3.8) is 0 Å². The number of hydrogen-bond acceptors (Lipinski definition) is 4. The molecule has 0 aliphatic rings. The van der Waals surface area contributed by atoms with E-state index in [9.17, 15) is 5.26 Å². The Labute approximate surface area is 214 Å². The van der Waals surface area contributed by atoms with Crippen LogP contribution in [0.4, 0.5) is 0 Å². The summed E-state index contributed by atoms with van der Waals surface area (Å²) >= 11 is 0. The SMILES string of the molecule is Cc1ccc(-c2ccc3c(c2)c2ccccc2n3-c2ccc(-c3ncc(C#N)cn3)cc2C#N)c(C)c1. The molecule has 0 bridgehead atoms. The Balaban J connectivity index is 1.55. The second kappa shape index (κ2) is 8.75. The van der Waals surface area contributed by atoms with E-state index < -0.39 is 0 Å². The molecule has 0 N–H and O–H groups in total. The number of nitrogens with zero attached hydrogens (tertiary/aromatic N) is 5. The highest BCUT2D eigenvalue weighted by atomic mass is 15.0. The van der Waals surface area contributed by atoms with Crippen LogP contribution in [-0.2, 0) is 0 Å². The Bertz CT molecular complexity index is 1910. The van der Waals surface area contributed by atoms with Gasteiger partial charge in [-0.15, -0.1) is 0 Å². The van der Waals surface area contributed by atoms with Gasteiger partial charge in [-0.05, 0) is 66.9 Å². The quantitative estimate of drug-likeness (QED) is 0.270. The summed E-state index contributed by atoms with van der Waals surface area (Å²) in [6.45, 7) is 4.26. The fourth-order valence-corrected chi connectivity index (χ4v) is 5.03. The van der Waals surface area contributed by atoms with Gasteiger partial charge >= 0.3 is 0 Å². The molecule has 0 atom stereocenters. The van der Waals surface area contributed by atoms with Crippen molar-refractivity contribution < 1.29 is 0 Å².